The molecule has 3 atom stereocenters. The van der Waals surface area contributed by atoms with E-state index in [0.29, 0.717) is 6.04 Å². The number of hydrogen-bond donors (Lipinski definition) is 1. The van der Waals surface area contributed by atoms with E-state index in [1.807, 2.05) is 0 Å². The molecule has 1 aromatic rings. The van der Waals surface area contributed by atoms with Crippen LogP contribution in [0.5, 0.6) is 0 Å². The van der Waals surface area contributed by atoms with Crippen LogP contribution in [0.1, 0.15) is 69.5 Å². The average Bonchev–Trinajstić information content (AvgIpc) is 3.23. The third-order valence-corrected chi connectivity index (χ3v) is 5.57. The SMILES string of the molecule is CCCNC(c1cccc(CCC)c1)C1C2CCCCC21. The summed E-state index contributed by atoms with van der Waals surface area (Å²) in [5.41, 5.74) is 3.07. The number of benzene rings is 1. The Morgan fingerprint density at radius 1 is 1.10 bits per heavy atom. The quantitative estimate of drug-likeness (QED) is 0.733. The Balaban J connectivity index is 1.77. The molecule has 21 heavy (non-hydrogen) atoms. The van der Waals surface area contributed by atoms with Crippen molar-refractivity contribution >= 4 is 0 Å². The van der Waals surface area contributed by atoms with E-state index in [9.17, 15) is 0 Å². The van der Waals surface area contributed by atoms with Crippen LogP contribution in [0.25, 0.3) is 0 Å². The van der Waals surface area contributed by atoms with Crippen LogP contribution in [-0.2, 0) is 6.42 Å². The summed E-state index contributed by atoms with van der Waals surface area (Å²) in [5.74, 6) is 2.95. The Kier molecular flexibility index (Phi) is 5.00. The van der Waals surface area contributed by atoms with Crippen molar-refractivity contribution in [2.24, 2.45) is 17.8 Å². The van der Waals surface area contributed by atoms with Crippen molar-refractivity contribution in [2.75, 3.05) is 6.54 Å². The Bertz CT molecular complexity index is 441. The summed E-state index contributed by atoms with van der Waals surface area (Å²) in [6, 6.07) is 10.0. The van der Waals surface area contributed by atoms with Gasteiger partial charge in [0.2, 0.25) is 0 Å². The van der Waals surface area contributed by atoms with Gasteiger partial charge in [0.15, 0.2) is 0 Å². The van der Waals surface area contributed by atoms with E-state index in [2.05, 4.69) is 43.4 Å². The second-order valence-corrected chi connectivity index (χ2v) is 7.12. The van der Waals surface area contributed by atoms with Gasteiger partial charge in [-0.1, -0.05) is 57.4 Å². The summed E-state index contributed by atoms with van der Waals surface area (Å²) in [6.07, 6.45) is 9.58. The molecule has 2 saturated carbocycles. The van der Waals surface area contributed by atoms with Crippen LogP contribution >= 0.6 is 0 Å². The van der Waals surface area contributed by atoms with Gasteiger partial charge in [-0.05, 0) is 61.1 Å². The molecule has 0 radical (unpaired) electrons. The smallest absolute Gasteiger partial charge is 0.0354 e. The highest BCUT2D eigenvalue weighted by Crippen LogP contribution is 2.60. The largest absolute Gasteiger partial charge is 0.310 e. The fourth-order valence-corrected chi connectivity index (χ4v) is 4.55. The minimum atomic E-state index is 0.606. The van der Waals surface area contributed by atoms with Gasteiger partial charge >= 0.3 is 0 Å². The summed E-state index contributed by atoms with van der Waals surface area (Å²) < 4.78 is 0. The zero-order valence-corrected chi connectivity index (χ0v) is 13.8. The molecule has 116 valence electrons. The van der Waals surface area contributed by atoms with Gasteiger partial charge in [-0.2, -0.15) is 0 Å². The third-order valence-electron chi connectivity index (χ3n) is 5.57. The Labute approximate surface area is 130 Å². The van der Waals surface area contributed by atoms with Crippen LogP contribution in [0.4, 0.5) is 0 Å². The lowest BCUT2D eigenvalue weighted by Crippen LogP contribution is -2.25. The third kappa shape index (κ3) is 3.34. The van der Waals surface area contributed by atoms with Crippen LogP contribution in [0.15, 0.2) is 24.3 Å². The lowest BCUT2D eigenvalue weighted by Gasteiger charge is -2.20. The first-order chi connectivity index (χ1) is 10.3. The highest BCUT2D eigenvalue weighted by Gasteiger charge is 2.54. The van der Waals surface area contributed by atoms with E-state index < -0.39 is 0 Å². The van der Waals surface area contributed by atoms with Gasteiger partial charge in [-0.3, -0.25) is 0 Å². The molecule has 0 amide bonds. The molecule has 1 aromatic carbocycles. The molecule has 1 heteroatoms. The van der Waals surface area contributed by atoms with Crippen molar-refractivity contribution < 1.29 is 0 Å². The van der Waals surface area contributed by atoms with Gasteiger partial charge in [0.05, 0.1) is 0 Å². The summed E-state index contributed by atoms with van der Waals surface area (Å²) in [4.78, 5) is 0. The molecule has 1 nitrogen and oxygen atoms in total. The first-order valence-electron chi connectivity index (χ1n) is 9.17. The number of rotatable bonds is 7. The van der Waals surface area contributed by atoms with E-state index in [1.165, 1.54) is 50.5 Å². The maximum atomic E-state index is 3.87. The molecule has 0 spiro atoms. The molecule has 2 aliphatic rings. The zero-order chi connectivity index (χ0) is 14.7. The van der Waals surface area contributed by atoms with Gasteiger partial charge in [-0.25, -0.2) is 0 Å². The maximum Gasteiger partial charge on any atom is 0.0354 e. The van der Waals surface area contributed by atoms with E-state index >= 15 is 0 Å². The Morgan fingerprint density at radius 2 is 1.86 bits per heavy atom. The highest BCUT2D eigenvalue weighted by atomic mass is 14.9. The monoisotopic (exact) mass is 285 g/mol. The molecule has 3 unspecified atom stereocenters. The molecular weight excluding hydrogens is 254 g/mol. The van der Waals surface area contributed by atoms with Crippen LogP contribution in [-0.4, -0.2) is 6.54 Å². The molecule has 0 aromatic heterocycles. The standard InChI is InChI=1S/C20H31N/c1-3-8-15-9-7-10-16(14-15)20(21-13-4-2)19-17-11-5-6-12-18(17)19/h7,9-10,14,17-21H,3-6,8,11-13H2,1-2H3. The molecule has 1 N–H and O–H groups in total. The fraction of sp³-hybridized carbons (Fsp3) is 0.700. The van der Waals surface area contributed by atoms with Gasteiger partial charge in [0.1, 0.15) is 0 Å². The van der Waals surface area contributed by atoms with Crippen molar-refractivity contribution in [1.29, 1.82) is 0 Å². The van der Waals surface area contributed by atoms with Crippen molar-refractivity contribution in [2.45, 2.75) is 64.8 Å². The molecule has 2 fully saturated rings. The Hall–Kier alpha value is -0.820. The fourth-order valence-electron chi connectivity index (χ4n) is 4.55. The second-order valence-electron chi connectivity index (χ2n) is 7.12. The summed E-state index contributed by atoms with van der Waals surface area (Å²) in [6.45, 7) is 5.70. The summed E-state index contributed by atoms with van der Waals surface area (Å²) >= 11 is 0. The lowest BCUT2D eigenvalue weighted by molar-refractivity contribution is 0.445. The van der Waals surface area contributed by atoms with Gasteiger partial charge in [0.25, 0.3) is 0 Å². The van der Waals surface area contributed by atoms with Crippen molar-refractivity contribution in [3.63, 3.8) is 0 Å². The van der Waals surface area contributed by atoms with Crippen LogP contribution in [0.3, 0.4) is 0 Å². The average molecular weight is 285 g/mol. The summed E-state index contributed by atoms with van der Waals surface area (Å²) in [5, 5.41) is 3.87. The normalized spacial score (nSPS) is 29.0. The van der Waals surface area contributed by atoms with Crippen LogP contribution < -0.4 is 5.32 Å². The second kappa shape index (κ2) is 6.96. The van der Waals surface area contributed by atoms with E-state index in [1.54, 1.807) is 5.56 Å². The zero-order valence-electron chi connectivity index (χ0n) is 13.8. The predicted octanol–water partition coefficient (Wildman–Crippen LogP) is 5.12. The van der Waals surface area contributed by atoms with Gasteiger partial charge < -0.3 is 5.32 Å². The topological polar surface area (TPSA) is 12.0 Å². The van der Waals surface area contributed by atoms with Gasteiger partial charge in [0, 0.05) is 6.04 Å². The van der Waals surface area contributed by atoms with Crippen molar-refractivity contribution in [3.05, 3.63) is 35.4 Å². The number of hydrogen-bond acceptors (Lipinski definition) is 1. The van der Waals surface area contributed by atoms with E-state index in [4.69, 9.17) is 0 Å². The molecule has 0 heterocycles. The number of aryl methyl sites for hydroxylation is 1. The van der Waals surface area contributed by atoms with Crippen LogP contribution in [0.2, 0.25) is 0 Å². The molecule has 0 bridgehead atoms. The molecule has 3 rings (SSSR count). The molecule has 0 aliphatic heterocycles. The Morgan fingerprint density at radius 3 is 2.52 bits per heavy atom. The molecule has 0 saturated heterocycles. The van der Waals surface area contributed by atoms with Crippen molar-refractivity contribution in [3.8, 4) is 0 Å². The van der Waals surface area contributed by atoms with E-state index in [-0.39, 0.29) is 0 Å². The van der Waals surface area contributed by atoms with Gasteiger partial charge in [-0.15, -0.1) is 0 Å². The minimum Gasteiger partial charge on any atom is -0.310 e. The highest BCUT2D eigenvalue weighted by molar-refractivity contribution is 5.29. The van der Waals surface area contributed by atoms with E-state index in [0.717, 1.165) is 24.3 Å². The first-order valence-corrected chi connectivity index (χ1v) is 9.17. The molecular formula is C20H31N. The predicted molar refractivity (Wildman–Crippen MR) is 90.4 cm³/mol. The lowest BCUT2D eigenvalue weighted by atomic mass is 9.96. The van der Waals surface area contributed by atoms with Crippen LogP contribution in [0, 0.1) is 17.8 Å². The number of fused-ring (bicyclic) bond motifs is 1. The first kappa shape index (κ1) is 15.1. The minimum absolute atomic E-state index is 0.606. The maximum absolute atomic E-state index is 3.87. The van der Waals surface area contributed by atoms with Crippen molar-refractivity contribution in [1.82, 2.24) is 5.32 Å². The number of nitrogens with one attached hydrogen (secondary N) is 1. The molecule has 2 aliphatic carbocycles. The summed E-state index contributed by atoms with van der Waals surface area (Å²) in [7, 11) is 0.